The first kappa shape index (κ1) is 38.2. The molecule has 7 heteroatoms. The summed E-state index contributed by atoms with van der Waals surface area (Å²) in [5, 5.41) is 0. The van der Waals surface area contributed by atoms with Crippen LogP contribution in [-0.2, 0) is 0 Å². The summed E-state index contributed by atoms with van der Waals surface area (Å²) in [6, 6.07) is 55.9. The van der Waals surface area contributed by atoms with Crippen LogP contribution in [0.1, 0.15) is 12.5 Å². The molecule has 0 amide bonds. The number of pyridine rings is 3. The van der Waals surface area contributed by atoms with E-state index in [1.807, 2.05) is 73.2 Å². The van der Waals surface area contributed by atoms with Crippen LogP contribution in [0.15, 0.2) is 212 Å². The summed E-state index contributed by atoms with van der Waals surface area (Å²) in [5.74, 6) is 1.79. The van der Waals surface area contributed by atoms with Gasteiger partial charge in [-0.05, 0) is 95.6 Å². The first-order chi connectivity index (χ1) is 30.1. The van der Waals surface area contributed by atoms with Gasteiger partial charge in [0.25, 0.3) is 0 Å². The number of aliphatic imine (C=N–C) groups is 1. The average molecular weight is 786 g/mol. The Kier molecular flexibility index (Phi) is 11.1. The molecule has 0 unspecified atom stereocenters. The molecule has 0 spiro atoms. The van der Waals surface area contributed by atoms with Crippen LogP contribution in [0.25, 0.3) is 95.6 Å². The van der Waals surface area contributed by atoms with Crippen LogP contribution in [0.3, 0.4) is 0 Å². The van der Waals surface area contributed by atoms with Crippen molar-refractivity contribution in [1.82, 2.24) is 29.9 Å². The largest absolute Gasteiger partial charge is 0.273 e. The second-order valence-electron chi connectivity index (χ2n) is 14.5. The van der Waals surface area contributed by atoms with E-state index in [-0.39, 0.29) is 0 Å². The Morgan fingerprint density at radius 2 is 0.918 bits per heavy atom. The molecule has 5 aromatic carbocycles. The van der Waals surface area contributed by atoms with Gasteiger partial charge in [-0.1, -0.05) is 127 Å². The van der Waals surface area contributed by atoms with Crippen molar-refractivity contribution in [3.8, 4) is 90.1 Å². The maximum Gasteiger partial charge on any atom is 0.164 e. The van der Waals surface area contributed by atoms with Gasteiger partial charge < -0.3 is 0 Å². The van der Waals surface area contributed by atoms with E-state index in [0.29, 0.717) is 17.5 Å². The van der Waals surface area contributed by atoms with Gasteiger partial charge in [-0.15, -0.1) is 0 Å². The quantitative estimate of drug-likeness (QED) is 0.0958. The van der Waals surface area contributed by atoms with E-state index < -0.39 is 0 Å². The molecular formula is C54H39N7. The highest BCUT2D eigenvalue weighted by Gasteiger charge is 2.15. The fourth-order valence-corrected chi connectivity index (χ4v) is 7.15. The second-order valence-corrected chi connectivity index (χ2v) is 14.5. The number of hydrogen-bond donors (Lipinski definition) is 0. The summed E-state index contributed by atoms with van der Waals surface area (Å²) in [6.45, 7) is 5.54. The van der Waals surface area contributed by atoms with Crippen molar-refractivity contribution in [1.29, 1.82) is 0 Å². The van der Waals surface area contributed by atoms with E-state index in [2.05, 4.69) is 145 Å². The predicted octanol–water partition coefficient (Wildman–Crippen LogP) is 13.0. The van der Waals surface area contributed by atoms with Crippen LogP contribution >= 0.6 is 0 Å². The minimum Gasteiger partial charge on any atom is -0.273 e. The van der Waals surface area contributed by atoms with Gasteiger partial charge in [0, 0.05) is 69.9 Å². The maximum atomic E-state index is 5.11. The van der Waals surface area contributed by atoms with Crippen molar-refractivity contribution in [2.75, 3.05) is 0 Å². The minimum atomic E-state index is 0.592. The van der Waals surface area contributed by atoms with Gasteiger partial charge in [0.15, 0.2) is 17.5 Å². The Morgan fingerprint density at radius 3 is 1.43 bits per heavy atom. The number of nitrogens with zero attached hydrogens (tertiary/aromatic N) is 7. The van der Waals surface area contributed by atoms with Gasteiger partial charge in [-0.2, -0.15) is 0 Å². The highest BCUT2D eigenvalue weighted by atomic mass is 15.0. The molecule has 61 heavy (non-hydrogen) atoms. The normalized spacial score (nSPS) is 11.5. The number of allylic oxidation sites excluding steroid dienone is 3. The molecule has 7 nitrogen and oxygen atoms in total. The zero-order valence-electron chi connectivity index (χ0n) is 33.5. The third-order valence-corrected chi connectivity index (χ3v) is 10.4. The number of aromatic nitrogens is 6. The van der Waals surface area contributed by atoms with E-state index in [1.54, 1.807) is 12.4 Å². The molecule has 4 heterocycles. The predicted molar refractivity (Wildman–Crippen MR) is 249 cm³/mol. The Morgan fingerprint density at radius 1 is 0.443 bits per heavy atom. The van der Waals surface area contributed by atoms with Crippen LogP contribution in [0.5, 0.6) is 0 Å². The molecule has 0 aliphatic heterocycles. The summed E-state index contributed by atoms with van der Waals surface area (Å²) >= 11 is 0. The smallest absolute Gasteiger partial charge is 0.164 e. The third-order valence-electron chi connectivity index (χ3n) is 10.4. The molecule has 0 aliphatic carbocycles. The molecule has 0 atom stereocenters. The standard InChI is InChI=1S/C54H39N7/c1-37(12-10-28-55-2)47-24-26-50(57-35-47)43-19-6-15-39(30-43)41-17-8-21-45(32-41)53-59-52(38-13-4-3-5-14-38)60-54(61-53)46-22-9-18-42(33-46)40-16-7-20-44(31-40)51-27-25-49(36-58-51)48-23-11-29-56-34-48/h3-36H,2H2,1H3/b28-10-,37-12+. The minimum absolute atomic E-state index is 0.592. The van der Waals surface area contributed by atoms with Gasteiger partial charge in [-0.3, -0.25) is 19.9 Å². The Labute approximate surface area is 355 Å². The summed E-state index contributed by atoms with van der Waals surface area (Å²) in [7, 11) is 0. The lowest BCUT2D eigenvalue weighted by Crippen LogP contribution is -2.00. The number of rotatable bonds is 11. The Bertz CT molecular complexity index is 3030. The van der Waals surface area contributed by atoms with Gasteiger partial charge in [-0.25, -0.2) is 15.0 Å². The van der Waals surface area contributed by atoms with Crippen molar-refractivity contribution in [3.63, 3.8) is 0 Å². The van der Waals surface area contributed by atoms with Crippen LogP contribution in [0.4, 0.5) is 0 Å². The van der Waals surface area contributed by atoms with Crippen LogP contribution < -0.4 is 0 Å². The molecule has 0 saturated carbocycles. The summed E-state index contributed by atoms with van der Waals surface area (Å²) in [6.07, 6.45) is 13.0. The first-order valence-electron chi connectivity index (χ1n) is 19.9. The van der Waals surface area contributed by atoms with Crippen molar-refractivity contribution >= 4 is 12.3 Å². The van der Waals surface area contributed by atoms with Crippen LogP contribution in [0, 0.1) is 0 Å². The second kappa shape index (κ2) is 17.7. The Balaban J connectivity index is 1.03. The average Bonchev–Trinajstić information content (AvgIpc) is 3.35. The molecule has 0 saturated heterocycles. The third kappa shape index (κ3) is 8.77. The summed E-state index contributed by atoms with van der Waals surface area (Å²) < 4.78 is 0. The van der Waals surface area contributed by atoms with E-state index in [0.717, 1.165) is 83.7 Å². The van der Waals surface area contributed by atoms with E-state index >= 15 is 0 Å². The van der Waals surface area contributed by atoms with Crippen molar-refractivity contribution in [2.24, 2.45) is 4.99 Å². The monoisotopic (exact) mass is 785 g/mol. The zero-order chi connectivity index (χ0) is 41.4. The summed E-state index contributed by atoms with van der Waals surface area (Å²) in [4.78, 5) is 32.8. The topological polar surface area (TPSA) is 89.7 Å². The van der Waals surface area contributed by atoms with E-state index in [4.69, 9.17) is 24.9 Å². The molecule has 4 aromatic heterocycles. The lowest BCUT2D eigenvalue weighted by Gasteiger charge is -2.11. The molecule has 0 fully saturated rings. The van der Waals surface area contributed by atoms with Crippen LogP contribution in [-0.4, -0.2) is 36.6 Å². The van der Waals surface area contributed by atoms with E-state index in [1.165, 1.54) is 0 Å². The van der Waals surface area contributed by atoms with Gasteiger partial charge in [0.05, 0.1) is 11.4 Å². The molecule has 9 rings (SSSR count). The van der Waals surface area contributed by atoms with Gasteiger partial charge >= 0.3 is 0 Å². The SMILES string of the molecule is C=N/C=C\C=C(/C)c1ccc(-c2cccc(-c3cccc(-c4nc(-c5ccccc5)nc(-c5cccc(-c6cccc(-c7ccc(-c8cccnc8)cn7)c6)c5)n4)c3)c2)nc1. The highest BCUT2D eigenvalue weighted by molar-refractivity contribution is 5.78. The lowest BCUT2D eigenvalue weighted by atomic mass is 9.99. The molecule has 0 bridgehead atoms. The molecule has 0 N–H and O–H groups in total. The molecule has 290 valence electrons. The molecule has 0 aliphatic rings. The fraction of sp³-hybridized carbons (Fsp3) is 0.0185. The van der Waals surface area contributed by atoms with E-state index in [9.17, 15) is 0 Å². The molecular weight excluding hydrogens is 747 g/mol. The van der Waals surface area contributed by atoms with Crippen molar-refractivity contribution in [2.45, 2.75) is 6.92 Å². The fourth-order valence-electron chi connectivity index (χ4n) is 7.15. The lowest BCUT2D eigenvalue weighted by molar-refractivity contribution is 1.07. The van der Waals surface area contributed by atoms with Crippen molar-refractivity contribution < 1.29 is 0 Å². The Hall–Kier alpha value is -8.29. The van der Waals surface area contributed by atoms with Crippen LogP contribution in [0.2, 0.25) is 0 Å². The van der Waals surface area contributed by atoms with Gasteiger partial charge in [0.1, 0.15) is 0 Å². The molecule has 0 radical (unpaired) electrons. The molecule has 9 aromatic rings. The first-order valence-corrected chi connectivity index (χ1v) is 19.9. The van der Waals surface area contributed by atoms with Crippen molar-refractivity contribution in [3.05, 3.63) is 212 Å². The zero-order valence-corrected chi connectivity index (χ0v) is 33.5. The maximum absolute atomic E-state index is 5.11. The number of hydrogen-bond acceptors (Lipinski definition) is 7. The number of benzene rings is 5. The van der Waals surface area contributed by atoms with Gasteiger partial charge in [0.2, 0.25) is 0 Å². The summed E-state index contributed by atoms with van der Waals surface area (Å²) in [5.41, 5.74) is 15.0. The highest BCUT2D eigenvalue weighted by Crippen LogP contribution is 2.33.